The van der Waals surface area contributed by atoms with Crippen LogP contribution in [0, 0.1) is 5.92 Å². The van der Waals surface area contributed by atoms with Crippen molar-refractivity contribution in [3.8, 4) is 0 Å². The van der Waals surface area contributed by atoms with Crippen molar-refractivity contribution in [2.24, 2.45) is 5.92 Å². The van der Waals surface area contributed by atoms with E-state index >= 15 is 0 Å². The van der Waals surface area contributed by atoms with Crippen LogP contribution < -0.4 is 16.0 Å². The lowest BCUT2D eigenvalue weighted by atomic mass is 9.91. The zero-order chi connectivity index (χ0) is 23.8. The van der Waals surface area contributed by atoms with Crippen LogP contribution in [0.25, 0.3) is 0 Å². The van der Waals surface area contributed by atoms with Gasteiger partial charge in [0, 0.05) is 32.1 Å². The van der Waals surface area contributed by atoms with Gasteiger partial charge < -0.3 is 20.9 Å². The number of benzene rings is 2. The van der Waals surface area contributed by atoms with Gasteiger partial charge in [-0.25, -0.2) is 4.79 Å². The standard InChI is InChI=1S/C27H34N4O3/c32-24(28-19-21-9-3-1-4-10-21)23-13-17-31(18-14-23)25(33)27(15-7-8-16-27)30-26(34)29-20-22-11-5-2-6-12-22/h1-6,9-12,23H,7-8,13-20H2,(H,28,32)(H2,29,30,34). The Morgan fingerprint density at radius 3 is 1.88 bits per heavy atom. The van der Waals surface area contributed by atoms with E-state index in [9.17, 15) is 14.4 Å². The van der Waals surface area contributed by atoms with E-state index in [2.05, 4.69) is 16.0 Å². The van der Waals surface area contributed by atoms with E-state index in [1.807, 2.05) is 65.6 Å². The van der Waals surface area contributed by atoms with Crippen molar-refractivity contribution in [3.63, 3.8) is 0 Å². The van der Waals surface area contributed by atoms with Crippen LogP contribution in [0.1, 0.15) is 49.7 Å². The van der Waals surface area contributed by atoms with E-state index in [0.717, 1.165) is 24.0 Å². The van der Waals surface area contributed by atoms with E-state index in [1.165, 1.54) is 0 Å². The molecule has 180 valence electrons. The summed E-state index contributed by atoms with van der Waals surface area (Å²) in [5, 5.41) is 8.92. The fourth-order valence-electron chi connectivity index (χ4n) is 4.99. The minimum atomic E-state index is -0.844. The van der Waals surface area contributed by atoms with Gasteiger partial charge in [-0.1, -0.05) is 73.5 Å². The summed E-state index contributed by atoms with van der Waals surface area (Å²) in [6.45, 7) is 2.01. The van der Waals surface area contributed by atoms with E-state index in [1.54, 1.807) is 0 Å². The Balaban J connectivity index is 1.27. The first kappa shape index (κ1) is 23.8. The first-order valence-corrected chi connectivity index (χ1v) is 12.3. The lowest BCUT2D eigenvalue weighted by molar-refractivity contribution is -0.141. The highest BCUT2D eigenvalue weighted by Gasteiger charge is 2.45. The van der Waals surface area contributed by atoms with Crippen LogP contribution in [0.5, 0.6) is 0 Å². The summed E-state index contributed by atoms with van der Waals surface area (Å²) in [5.74, 6) is -0.0534. The molecule has 2 aromatic carbocycles. The molecule has 1 aliphatic carbocycles. The van der Waals surface area contributed by atoms with Crippen molar-refractivity contribution in [2.45, 2.75) is 57.2 Å². The molecular weight excluding hydrogens is 428 g/mol. The summed E-state index contributed by atoms with van der Waals surface area (Å²) in [5.41, 5.74) is 1.24. The van der Waals surface area contributed by atoms with Gasteiger partial charge in [-0.3, -0.25) is 9.59 Å². The maximum Gasteiger partial charge on any atom is 0.315 e. The molecule has 0 aromatic heterocycles. The fraction of sp³-hybridized carbons (Fsp3) is 0.444. The minimum Gasteiger partial charge on any atom is -0.352 e. The second-order valence-electron chi connectivity index (χ2n) is 9.35. The highest BCUT2D eigenvalue weighted by molar-refractivity contribution is 5.91. The molecule has 4 amide bonds. The van der Waals surface area contributed by atoms with Crippen molar-refractivity contribution < 1.29 is 14.4 Å². The molecule has 34 heavy (non-hydrogen) atoms. The summed E-state index contributed by atoms with van der Waals surface area (Å²) >= 11 is 0. The Hall–Kier alpha value is -3.35. The molecular formula is C27H34N4O3. The maximum absolute atomic E-state index is 13.5. The molecule has 4 rings (SSSR count). The van der Waals surface area contributed by atoms with E-state index in [0.29, 0.717) is 51.9 Å². The molecule has 0 radical (unpaired) electrons. The zero-order valence-corrected chi connectivity index (χ0v) is 19.6. The summed E-state index contributed by atoms with van der Waals surface area (Å²) in [7, 11) is 0. The Labute approximate surface area is 201 Å². The second kappa shape index (κ2) is 11.2. The molecule has 1 saturated heterocycles. The Morgan fingerprint density at radius 1 is 0.794 bits per heavy atom. The van der Waals surface area contributed by atoms with Gasteiger partial charge in [0.2, 0.25) is 11.8 Å². The monoisotopic (exact) mass is 462 g/mol. The van der Waals surface area contributed by atoms with E-state index in [-0.39, 0.29) is 23.8 Å². The smallest absolute Gasteiger partial charge is 0.315 e. The van der Waals surface area contributed by atoms with Crippen molar-refractivity contribution in [1.29, 1.82) is 0 Å². The highest BCUT2D eigenvalue weighted by atomic mass is 16.2. The predicted molar refractivity (Wildman–Crippen MR) is 131 cm³/mol. The SMILES string of the molecule is O=C(NCc1ccccc1)NC1(C(=O)N2CCC(C(=O)NCc3ccccc3)CC2)CCCC1. The van der Waals surface area contributed by atoms with Crippen molar-refractivity contribution in [2.75, 3.05) is 13.1 Å². The van der Waals surface area contributed by atoms with Crippen LogP contribution in [0.15, 0.2) is 60.7 Å². The first-order chi connectivity index (χ1) is 16.6. The molecule has 2 fully saturated rings. The van der Waals surface area contributed by atoms with Gasteiger partial charge in [0.1, 0.15) is 5.54 Å². The van der Waals surface area contributed by atoms with Crippen molar-refractivity contribution in [1.82, 2.24) is 20.9 Å². The summed E-state index contributed by atoms with van der Waals surface area (Å²) in [6.07, 6.45) is 4.43. The summed E-state index contributed by atoms with van der Waals surface area (Å²) in [4.78, 5) is 40.6. The fourth-order valence-corrected chi connectivity index (χ4v) is 4.99. The third-order valence-corrected chi connectivity index (χ3v) is 6.98. The van der Waals surface area contributed by atoms with E-state index < -0.39 is 5.54 Å². The molecule has 1 aliphatic heterocycles. The molecule has 0 spiro atoms. The number of hydrogen-bond acceptors (Lipinski definition) is 3. The lowest BCUT2D eigenvalue weighted by Crippen LogP contribution is -2.61. The van der Waals surface area contributed by atoms with Crippen LogP contribution in [0.4, 0.5) is 4.79 Å². The van der Waals surface area contributed by atoms with Gasteiger partial charge in [0.25, 0.3) is 0 Å². The van der Waals surface area contributed by atoms with Gasteiger partial charge in [0.05, 0.1) is 0 Å². The maximum atomic E-state index is 13.5. The van der Waals surface area contributed by atoms with Crippen molar-refractivity contribution >= 4 is 17.8 Å². The molecule has 1 saturated carbocycles. The molecule has 1 heterocycles. The van der Waals surface area contributed by atoms with Crippen LogP contribution in [-0.2, 0) is 22.7 Å². The Kier molecular flexibility index (Phi) is 7.83. The number of nitrogens with one attached hydrogen (secondary N) is 3. The van der Waals surface area contributed by atoms with Gasteiger partial charge in [0.15, 0.2) is 0 Å². The number of carbonyl (C=O) groups excluding carboxylic acids is 3. The first-order valence-electron chi connectivity index (χ1n) is 12.3. The molecule has 7 nitrogen and oxygen atoms in total. The molecule has 7 heteroatoms. The largest absolute Gasteiger partial charge is 0.352 e. The molecule has 0 atom stereocenters. The van der Waals surface area contributed by atoms with Crippen LogP contribution in [0.2, 0.25) is 0 Å². The van der Waals surface area contributed by atoms with Gasteiger partial charge in [-0.05, 0) is 36.8 Å². The van der Waals surface area contributed by atoms with Crippen molar-refractivity contribution in [3.05, 3.63) is 71.8 Å². The van der Waals surface area contributed by atoms with Crippen LogP contribution in [-0.4, -0.2) is 41.4 Å². The second-order valence-corrected chi connectivity index (χ2v) is 9.35. The molecule has 2 aromatic rings. The third-order valence-electron chi connectivity index (χ3n) is 6.98. The predicted octanol–water partition coefficient (Wildman–Crippen LogP) is 3.35. The number of piperidine rings is 1. The average molecular weight is 463 g/mol. The third kappa shape index (κ3) is 5.95. The number of urea groups is 1. The number of nitrogens with zero attached hydrogens (tertiary/aromatic N) is 1. The number of rotatable bonds is 7. The van der Waals surface area contributed by atoms with Gasteiger partial charge >= 0.3 is 6.03 Å². The highest BCUT2D eigenvalue weighted by Crippen LogP contribution is 2.33. The summed E-state index contributed by atoms with van der Waals surface area (Å²) < 4.78 is 0. The molecule has 2 aliphatic rings. The minimum absolute atomic E-state index is 0.0111. The topological polar surface area (TPSA) is 90.5 Å². The number of amides is 4. The summed E-state index contributed by atoms with van der Waals surface area (Å²) in [6, 6.07) is 19.3. The van der Waals surface area contributed by atoms with E-state index in [4.69, 9.17) is 0 Å². The zero-order valence-electron chi connectivity index (χ0n) is 19.6. The van der Waals surface area contributed by atoms with Gasteiger partial charge in [-0.2, -0.15) is 0 Å². The molecule has 0 bridgehead atoms. The van der Waals surface area contributed by atoms with Crippen LogP contribution in [0.3, 0.4) is 0 Å². The lowest BCUT2D eigenvalue weighted by Gasteiger charge is -2.38. The number of hydrogen-bond donors (Lipinski definition) is 3. The van der Waals surface area contributed by atoms with Crippen LogP contribution >= 0.6 is 0 Å². The molecule has 3 N–H and O–H groups in total. The molecule has 0 unspecified atom stereocenters. The number of carbonyl (C=O) groups is 3. The average Bonchev–Trinajstić information content (AvgIpc) is 3.36. The Morgan fingerprint density at radius 2 is 1.32 bits per heavy atom. The Bertz CT molecular complexity index is 966. The normalized spacial score (nSPS) is 17.7. The number of likely N-dealkylation sites (tertiary alicyclic amines) is 1. The quantitative estimate of drug-likeness (QED) is 0.589. The van der Waals surface area contributed by atoms with Gasteiger partial charge in [-0.15, -0.1) is 0 Å².